The summed E-state index contributed by atoms with van der Waals surface area (Å²) in [4.78, 5) is 20.6. The standard InChI is InChI=1S/C19H26N4O2/c1-11(24)13-9-14(19(13,5)6)17-21-16(23-25-17)15-8-7-12(10-20-15)22-18(2,3)4/h7-8,10,13-14,22H,9H2,1-6H3/t13-,14+/m0/s1. The second-order valence-corrected chi connectivity index (χ2v) is 8.54. The van der Waals surface area contributed by atoms with E-state index in [0.717, 1.165) is 12.1 Å². The molecular formula is C19H26N4O2. The molecule has 2 aromatic rings. The van der Waals surface area contributed by atoms with Crippen molar-refractivity contribution in [1.29, 1.82) is 0 Å². The number of rotatable bonds is 4. The van der Waals surface area contributed by atoms with Gasteiger partial charge in [-0.1, -0.05) is 19.0 Å². The van der Waals surface area contributed by atoms with Crippen molar-refractivity contribution < 1.29 is 9.32 Å². The number of pyridine rings is 1. The highest BCUT2D eigenvalue weighted by atomic mass is 16.5. The summed E-state index contributed by atoms with van der Waals surface area (Å²) in [7, 11) is 0. The molecule has 3 rings (SSSR count). The van der Waals surface area contributed by atoms with Crippen LogP contribution in [0.1, 0.15) is 59.8 Å². The van der Waals surface area contributed by atoms with Crippen molar-refractivity contribution in [3.63, 3.8) is 0 Å². The Morgan fingerprint density at radius 1 is 1.32 bits per heavy atom. The Morgan fingerprint density at radius 2 is 2.04 bits per heavy atom. The highest BCUT2D eigenvalue weighted by Gasteiger charge is 2.53. The summed E-state index contributed by atoms with van der Waals surface area (Å²) in [5.41, 5.74) is 1.45. The minimum Gasteiger partial charge on any atom is -0.379 e. The number of carbonyl (C=O) groups is 1. The van der Waals surface area contributed by atoms with E-state index >= 15 is 0 Å². The maximum atomic E-state index is 11.7. The third kappa shape index (κ3) is 3.43. The Morgan fingerprint density at radius 3 is 2.56 bits per heavy atom. The highest BCUT2D eigenvalue weighted by molar-refractivity contribution is 5.80. The van der Waals surface area contributed by atoms with Gasteiger partial charge >= 0.3 is 0 Å². The fourth-order valence-electron chi connectivity index (χ4n) is 3.55. The lowest BCUT2D eigenvalue weighted by Gasteiger charge is -2.49. The van der Waals surface area contributed by atoms with Crippen LogP contribution in [0.4, 0.5) is 5.69 Å². The smallest absolute Gasteiger partial charge is 0.230 e. The van der Waals surface area contributed by atoms with Crippen LogP contribution in [0.3, 0.4) is 0 Å². The molecule has 134 valence electrons. The van der Waals surface area contributed by atoms with Crippen LogP contribution in [0.15, 0.2) is 22.9 Å². The minimum absolute atomic E-state index is 0.0223. The number of hydrogen-bond donors (Lipinski definition) is 1. The van der Waals surface area contributed by atoms with E-state index in [-0.39, 0.29) is 28.6 Å². The first kappa shape index (κ1) is 17.6. The Bertz CT molecular complexity index is 771. The van der Waals surface area contributed by atoms with Crippen LogP contribution in [-0.2, 0) is 4.79 Å². The van der Waals surface area contributed by atoms with Crippen molar-refractivity contribution in [2.24, 2.45) is 11.3 Å². The molecule has 0 radical (unpaired) electrons. The molecule has 6 nitrogen and oxygen atoms in total. The SMILES string of the molecule is CC(=O)[C@@H]1C[C@H](c2nc(-c3ccc(NC(C)(C)C)cn3)no2)C1(C)C. The Balaban J connectivity index is 1.75. The van der Waals surface area contributed by atoms with Gasteiger partial charge in [-0.05, 0) is 51.7 Å². The number of nitrogens with one attached hydrogen (secondary N) is 1. The molecular weight excluding hydrogens is 316 g/mol. The molecule has 1 aliphatic rings. The number of aromatic nitrogens is 3. The van der Waals surface area contributed by atoms with Crippen LogP contribution >= 0.6 is 0 Å². The van der Waals surface area contributed by atoms with E-state index in [0.29, 0.717) is 17.4 Å². The molecule has 1 aliphatic carbocycles. The summed E-state index contributed by atoms with van der Waals surface area (Å²) in [5, 5.41) is 7.44. The number of ketones is 1. The number of Topliss-reactive ketones (excluding diaryl/α,β-unsaturated/α-hetero) is 1. The second kappa shape index (κ2) is 5.93. The zero-order valence-electron chi connectivity index (χ0n) is 15.8. The van der Waals surface area contributed by atoms with Crippen molar-refractivity contribution in [3.05, 3.63) is 24.2 Å². The van der Waals surface area contributed by atoms with Gasteiger partial charge in [0.15, 0.2) is 0 Å². The Hall–Kier alpha value is -2.24. The Labute approximate surface area is 148 Å². The zero-order valence-corrected chi connectivity index (χ0v) is 15.8. The van der Waals surface area contributed by atoms with E-state index in [9.17, 15) is 4.79 Å². The van der Waals surface area contributed by atoms with Gasteiger partial charge in [-0.15, -0.1) is 0 Å². The van der Waals surface area contributed by atoms with Crippen LogP contribution < -0.4 is 5.32 Å². The summed E-state index contributed by atoms with van der Waals surface area (Å²) in [5.74, 6) is 1.48. The first-order valence-corrected chi connectivity index (χ1v) is 8.66. The van der Waals surface area contributed by atoms with Gasteiger partial charge < -0.3 is 9.84 Å². The van der Waals surface area contributed by atoms with Crippen LogP contribution in [0.25, 0.3) is 11.5 Å². The molecule has 0 amide bonds. The first-order chi connectivity index (χ1) is 11.6. The van der Waals surface area contributed by atoms with E-state index in [1.807, 2.05) is 12.1 Å². The highest BCUT2D eigenvalue weighted by Crippen LogP contribution is 2.56. The molecule has 2 atom stereocenters. The third-order valence-electron chi connectivity index (χ3n) is 5.01. The fourth-order valence-corrected chi connectivity index (χ4v) is 3.55. The Kier molecular flexibility index (Phi) is 4.17. The lowest BCUT2D eigenvalue weighted by molar-refractivity contribution is -0.132. The van der Waals surface area contributed by atoms with Crippen molar-refractivity contribution >= 4 is 11.5 Å². The molecule has 1 fully saturated rings. The van der Waals surface area contributed by atoms with E-state index in [1.165, 1.54) is 0 Å². The van der Waals surface area contributed by atoms with Crippen LogP contribution in [0.2, 0.25) is 0 Å². The molecule has 1 saturated carbocycles. The van der Waals surface area contributed by atoms with Gasteiger partial charge in [0, 0.05) is 17.4 Å². The summed E-state index contributed by atoms with van der Waals surface area (Å²) in [6, 6.07) is 3.84. The number of anilines is 1. The van der Waals surface area contributed by atoms with Gasteiger partial charge in [0.05, 0.1) is 11.9 Å². The van der Waals surface area contributed by atoms with Gasteiger partial charge in [0.2, 0.25) is 11.7 Å². The molecule has 0 saturated heterocycles. The molecule has 0 bridgehead atoms. The molecule has 25 heavy (non-hydrogen) atoms. The van der Waals surface area contributed by atoms with Crippen LogP contribution in [0, 0.1) is 11.3 Å². The van der Waals surface area contributed by atoms with Crippen molar-refractivity contribution in [1.82, 2.24) is 15.1 Å². The summed E-state index contributed by atoms with van der Waals surface area (Å²) in [6.45, 7) is 12.1. The zero-order chi connectivity index (χ0) is 18.4. The molecule has 6 heteroatoms. The number of carbonyl (C=O) groups excluding carboxylic acids is 1. The lowest BCUT2D eigenvalue weighted by atomic mass is 9.53. The molecule has 0 spiro atoms. The molecule has 0 unspecified atom stereocenters. The van der Waals surface area contributed by atoms with Crippen molar-refractivity contribution in [2.45, 2.75) is 59.4 Å². The fraction of sp³-hybridized carbons (Fsp3) is 0.579. The molecule has 0 aromatic carbocycles. The molecule has 2 heterocycles. The number of hydrogen-bond acceptors (Lipinski definition) is 6. The largest absolute Gasteiger partial charge is 0.379 e. The first-order valence-electron chi connectivity index (χ1n) is 8.66. The predicted octanol–water partition coefficient (Wildman–Crippen LogP) is 4.06. The second-order valence-electron chi connectivity index (χ2n) is 8.54. The predicted molar refractivity (Wildman–Crippen MR) is 96.2 cm³/mol. The summed E-state index contributed by atoms with van der Waals surface area (Å²) in [6.07, 6.45) is 2.54. The van der Waals surface area contributed by atoms with Crippen LogP contribution in [-0.4, -0.2) is 26.4 Å². The molecule has 2 aromatic heterocycles. The van der Waals surface area contributed by atoms with Gasteiger partial charge in [-0.25, -0.2) is 0 Å². The topological polar surface area (TPSA) is 80.9 Å². The molecule has 1 N–H and O–H groups in total. The van der Waals surface area contributed by atoms with E-state index in [2.05, 4.69) is 55.1 Å². The van der Waals surface area contributed by atoms with Gasteiger partial charge in [0.25, 0.3) is 0 Å². The van der Waals surface area contributed by atoms with E-state index in [4.69, 9.17) is 4.52 Å². The normalized spacial score (nSPS) is 22.3. The lowest BCUT2D eigenvalue weighted by Crippen LogP contribution is -2.46. The van der Waals surface area contributed by atoms with Crippen LogP contribution in [0.5, 0.6) is 0 Å². The van der Waals surface area contributed by atoms with E-state index in [1.54, 1.807) is 13.1 Å². The quantitative estimate of drug-likeness (QED) is 0.902. The monoisotopic (exact) mass is 342 g/mol. The average Bonchev–Trinajstić information content (AvgIpc) is 2.94. The van der Waals surface area contributed by atoms with Gasteiger partial charge in [0.1, 0.15) is 11.5 Å². The minimum atomic E-state index is -0.149. The van der Waals surface area contributed by atoms with Crippen molar-refractivity contribution in [3.8, 4) is 11.5 Å². The summed E-state index contributed by atoms with van der Waals surface area (Å²) >= 11 is 0. The maximum Gasteiger partial charge on any atom is 0.230 e. The maximum absolute atomic E-state index is 11.7. The third-order valence-corrected chi connectivity index (χ3v) is 5.01. The average molecular weight is 342 g/mol. The van der Waals surface area contributed by atoms with Gasteiger partial charge in [-0.2, -0.15) is 4.98 Å². The van der Waals surface area contributed by atoms with Crippen molar-refractivity contribution in [2.75, 3.05) is 5.32 Å². The van der Waals surface area contributed by atoms with Gasteiger partial charge in [-0.3, -0.25) is 9.78 Å². The summed E-state index contributed by atoms with van der Waals surface area (Å²) < 4.78 is 5.47. The number of nitrogens with zero attached hydrogens (tertiary/aromatic N) is 3. The molecule has 0 aliphatic heterocycles. The van der Waals surface area contributed by atoms with E-state index < -0.39 is 0 Å².